The van der Waals surface area contributed by atoms with Gasteiger partial charge in [0.2, 0.25) is 5.91 Å². The quantitative estimate of drug-likeness (QED) is 0.0261. The number of unbranched alkanes of at least 4 members (excludes halogenated alkanes) is 31. The lowest BCUT2D eigenvalue weighted by Crippen LogP contribution is -2.60. The molecule has 370 valence electrons. The standard InChI is InChI=1S/C54H101NO8/c1-3-5-7-9-11-13-15-17-19-21-22-23-24-25-26-28-29-31-33-35-37-39-41-43-48(57)47(46-62-54-53(61)52(60)51(59)49(45-56)63-54)55-50(58)44-42-40-38-36-34-32-30-27-20-18-16-14-12-10-8-6-4-2/h26,28,33,35,41,43,47-49,51-54,56-57,59-61H,3-25,27,29-32,34,36-40,42,44-46H2,1-2H3,(H,55,58)/b28-26+,35-33+,43-41+. The van der Waals surface area contributed by atoms with Gasteiger partial charge in [0.15, 0.2) is 6.29 Å². The molecule has 0 aromatic heterocycles. The fourth-order valence-electron chi connectivity index (χ4n) is 8.42. The lowest BCUT2D eigenvalue weighted by atomic mass is 9.99. The van der Waals surface area contributed by atoms with Gasteiger partial charge in [0, 0.05) is 6.42 Å². The second-order valence-electron chi connectivity index (χ2n) is 18.7. The predicted octanol–water partition coefficient (Wildman–Crippen LogP) is 12.4. The number of hydrogen-bond donors (Lipinski definition) is 6. The van der Waals surface area contributed by atoms with Crippen LogP contribution in [0.25, 0.3) is 0 Å². The minimum absolute atomic E-state index is 0.188. The molecular formula is C54H101NO8. The molecule has 1 saturated heterocycles. The lowest BCUT2D eigenvalue weighted by molar-refractivity contribution is -0.302. The van der Waals surface area contributed by atoms with Crippen molar-refractivity contribution in [2.75, 3.05) is 13.2 Å². The molecule has 63 heavy (non-hydrogen) atoms. The first-order chi connectivity index (χ1) is 30.8. The minimum Gasteiger partial charge on any atom is -0.394 e. The average Bonchev–Trinajstić information content (AvgIpc) is 3.28. The maximum absolute atomic E-state index is 13.0. The Labute approximate surface area is 387 Å². The predicted molar refractivity (Wildman–Crippen MR) is 263 cm³/mol. The molecule has 0 saturated carbocycles. The minimum atomic E-state index is -1.57. The van der Waals surface area contributed by atoms with E-state index in [0.717, 1.165) is 44.9 Å². The number of amides is 1. The van der Waals surface area contributed by atoms with E-state index in [4.69, 9.17) is 9.47 Å². The van der Waals surface area contributed by atoms with E-state index < -0.39 is 49.5 Å². The van der Waals surface area contributed by atoms with Crippen LogP contribution in [0.5, 0.6) is 0 Å². The molecule has 0 spiro atoms. The summed E-state index contributed by atoms with van der Waals surface area (Å²) in [6, 6.07) is -0.825. The van der Waals surface area contributed by atoms with Crippen LogP contribution in [0.3, 0.4) is 0 Å². The van der Waals surface area contributed by atoms with Crippen LogP contribution in [0.4, 0.5) is 0 Å². The Kier molecular flexibility index (Phi) is 41.7. The van der Waals surface area contributed by atoms with Crippen LogP contribution in [-0.4, -0.2) is 87.5 Å². The van der Waals surface area contributed by atoms with Crippen molar-refractivity contribution in [3.63, 3.8) is 0 Å². The Morgan fingerprint density at radius 1 is 0.524 bits per heavy atom. The summed E-state index contributed by atoms with van der Waals surface area (Å²) in [5, 5.41) is 54.4. The smallest absolute Gasteiger partial charge is 0.220 e. The highest BCUT2D eigenvalue weighted by atomic mass is 16.7. The van der Waals surface area contributed by atoms with Crippen LogP contribution < -0.4 is 5.32 Å². The van der Waals surface area contributed by atoms with Gasteiger partial charge < -0.3 is 40.3 Å². The number of allylic oxidation sites excluding steroid dienone is 5. The topological polar surface area (TPSA) is 149 Å². The van der Waals surface area contributed by atoms with Gasteiger partial charge in [-0.25, -0.2) is 0 Å². The third-order valence-corrected chi connectivity index (χ3v) is 12.7. The van der Waals surface area contributed by atoms with Gasteiger partial charge >= 0.3 is 0 Å². The first kappa shape index (κ1) is 59.4. The molecule has 6 N–H and O–H groups in total. The van der Waals surface area contributed by atoms with Crippen LogP contribution in [0.1, 0.15) is 245 Å². The SMILES string of the molecule is CCCCCCCCCCCCCCC/C=C/CC/C=C/CC/C=C/C(O)C(COC1OC(CO)C(O)C(O)C1O)NC(=O)CCCCCCCCCCCCCCCCCCC. The molecule has 0 radical (unpaired) electrons. The normalized spacial score (nSPS) is 20.4. The molecule has 1 amide bonds. The first-order valence-corrected chi connectivity index (χ1v) is 26.7. The molecule has 0 bridgehead atoms. The molecule has 7 atom stereocenters. The number of ether oxygens (including phenoxy) is 2. The molecule has 9 heteroatoms. The molecule has 1 aliphatic rings. The highest BCUT2D eigenvalue weighted by molar-refractivity contribution is 5.76. The zero-order valence-corrected chi connectivity index (χ0v) is 40.8. The molecule has 0 aliphatic carbocycles. The van der Waals surface area contributed by atoms with Gasteiger partial charge in [-0.1, -0.05) is 230 Å². The monoisotopic (exact) mass is 892 g/mol. The van der Waals surface area contributed by atoms with Gasteiger partial charge in [-0.3, -0.25) is 4.79 Å². The molecular weight excluding hydrogens is 791 g/mol. The molecule has 1 heterocycles. The zero-order valence-electron chi connectivity index (χ0n) is 40.8. The van der Waals surface area contributed by atoms with E-state index in [0.29, 0.717) is 6.42 Å². The van der Waals surface area contributed by atoms with E-state index in [1.54, 1.807) is 6.08 Å². The average molecular weight is 892 g/mol. The van der Waals surface area contributed by atoms with Crippen molar-refractivity contribution in [2.45, 2.75) is 288 Å². The first-order valence-electron chi connectivity index (χ1n) is 26.7. The van der Waals surface area contributed by atoms with Crippen LogP contribution >= 0.6 is 0 Å². The maximum Gasteiger partial charge on any atom is 0.220 e. The summed E-state index contributed by atoms with van der Waals surface area (Å²) in [4.78, 5) is 13.0. The van der Waals surface area contributed by atoms with Gasteiger partial charge in [-0.05, 0) is 44.9 Å². The maximum atomic E-state index is 13.0. The summed E-state index contributed by atoms with van der Waals surface area (Å²) < 4.78 is 11.2. The largest absolute Gasteiger partial charge is 0.394 e. The number of hydrogen-bond acceptors (Lipinski definition) is 8. The van der Waals surface area contributed by atoms with Crippen molar-refractivity contribution in [1.29, 1.82) is 0 Å². The Balaban J connectivity index is 2.31. The van der Waals surface area contributed by atoms with Gasteiger partial charge in [0.05, 0.1) is 25.4 Å². The Hall–Kier alpha value is -1.59. The number of carbonyl (C=O) groups is 1. The summed E-state index contributed by atoms with van der Waals surface area (Å²) >= 11 is 0. The van der Waals surface area contributed by atoms with Crippen molar-refractivity contribution in [2.24, 2.45) is 0 Å². The molecule has 7 unspecified atom stereocenters. The van der Waals surface area contributed by atoms with Crippen LogP contribution in [0.15, 0.2) is 36.5 Å². The summed E-state index contributed by atoms with van der Waals surface area (Å²) in [6.07, 6.45) is 49.1. The molecule has 0 aromatic carbocycles. The van der Waals surface area contributed by atoms with E-state index in [1.807, 2.05) is 6.08 Å². The van der Waals surface area contributed by atoms with E-state index in [2.05, 4.69) is 43.5 Å². The lowest BCUT2D eigenvalue weighted by Gasteiger charge is -2.40. The summed E-state index contributed by atoms with van der Waals surface area (Å²) in [6.45, 7) is 3.78. The number of rotatable bonds is 45. The van der Waals surface area contributed by atoms with Crippen LogP contribution in [-0.2, 0) is 14.3 Å². The molecule has 9 nitrogen and oxygen atoms in total. The Bertz CT molecular complexity index is 1080. The van der Waals surface area contributed by atoms with Gasteiger partial charge in [-0.15, -0.1) is 0 Å². The van der Waals surface area contributed by atoms with Gasteiger partial charge in [-0.2, -0.15) is 0 Å². The number of aliphatic hydroxyl groups is 5. The number of carbonyl (C=O) groups excluding carboxylic acids is 1. The third-order valence-electron chi connectivity index (χ3n) is 12.7. The van der Waals surface area contributed by atoms with Crippen molar-refractivity contribution in [3.05, 3.63) is 36.5 Å². The summed E-state index contributed by atoms with van der Waals surface area (Å²) in [5.41, 5.74) is 0. The second-order valence-corrected chi connectivity index (χ2v) is 18.7. The van der Waals surface area contributed by atoms with Crippen molar-refractivity contribution < 1.29 is 39.8 Å². The van der Waals surface area contributed by atoms with E-state index in [1.165, 1.54) is 180 Å². The van der Waals surface area contributed by atoms with E-state index in [9.17, 15) is 30.3 Å². The van der Waals surface area contributed by atoms with Gasteiger partial charge in [0.25, 0.3) is 0 Å². The summed E-state index contributed by atoms with van der Waals surface area (Å²) in [7, 11) is 0. The zero-order chi connectivity index (χ0) is 45.9. The molecule has 1 aliphatic heterocycles. The van der Waals surface area contributed by atoms with Crippen LogP contribution in [0.2, 0.25) is 0 Å². The second kappa shape index (κ2) is 44.3. The highest BCUT2D eigenvalue weighted by Gasteiger charge is 2.44. The number of nitrogens with one attached hydrogen (secondary N) is 1. The van der Waals surface area contributed by atoms with Gasteiger partial charge in [0.1, 0.15) is 24.4 Å². The molecule has 0 aromatic rings. The van der Waals surface area contributed by atoms with Crippen molar-refractivity contribution in [3.8, 4) is 0 Å². The fourth-order valence-corrected chi connectivity index (χ4v) is 8.42. The molecule has 1 fully saturated rings. The van der Waals surface area contributed by atoms with E-state index in [-0.39, 0.29) is 12.5 Å². The fraction of sp³-hybridized carbons (Fsp3) is 0.870. The van der Waals surface area contributed by atoms with Crippen LogP contribution in [0, 0.1) is 0 Å². The van der Waals surface area contributed by atoms with E-state index >= 15 is 0 Å². The summed E-state index contributed by atoms with van der Waals surface area (Å²) in [5.74, 6) is -0.188. The van der Waals surface area contributed by atoms with Crippen molar-refractivity contribution in [1.82, 2.24) is 5.32 Å². The third kappa shape index (κ3) is 34.4. The van der Waals surface area contributed by atoms with Crippen molar-refractivity contribution >= 4 is 5.91 Å². The Morgan fingerprint density at radius 3 is 1.33 bits per heavy atom. The highest BCUT2D eigenvalue weighted by Crippen LogP contribution is 2.23. The number of aliphatic hydroxyl groups excluding tert-OH is 5. The molecule has 1 rings (SSSR count). The Morgan fingerprint density at radius 2 is 0.905 bits per heavy atom.